The standard InChI is InChI=1S/C14H21NO4/c1-10(7-14(16)17)15(2)9-11-8-12(18-3)5-6-13(11)19-4/h5-6,8,10H,7,9H2,1-4H3,(H,16,17). The fourth-order valence-electron chi connectivity index (χ4n) is 1.84. The molecule has 0 spiro atoms. The van der Waals surface area contributed by atoms with Crippen LogP contribution in [0.5, 0.6) is 11.5 Å². The number of hydrogen-bond donors (Lipinski definition) is 1. The van der Waals surface area contributed by atoms with Crippen molar-refractivity contribution in [3.8, 4) is 11.5 Å². The Morgan fingerprint density at radius 3 is 2.58 bits per heavy atom. The predicted octanol–water partition coefficient (Wildman–Crippen LogP) is 2.00. The monoisotopic (exact) mass is 267 g/mol. The summed E-state index contributed by atoms with van der Waals surface area (Å²) in [6.07, 6.45) is 0.114. The quantitative estimate of drug-likeness (QED) is 0.818. The van der Waals surface area contributed by atoms with Crippen molar-refractivity contribution >= 4 is 5.97 Å². The minimum atomic E-state index is -0.794. The van der Waals surface area contributed by atoms with E-state index in [1.54, 1.807) is 14.2 Å². The van der Waals surface area contributed by atoms with Gasteiger partial charge in [-0.15, -0.1) is 0 Å². The zero-order valence-corrected chi connectivity index (χ0v) is 11.8. The summed E-state index contributed by atoms with van der Waals surface area (Å²) in [5.74, 6) is 0.738. The van der Waals surface area contributed by atoms with E-state index in [0.717, 1.165) is 17.1 Å². The lowest BCUT2D eigenvalue weighted by Crippen LogP contribution is -2.30. The van der Waals surface area contributed by atoms with Gasteiger partial charge in [0.25, 0.3) is 0 Å². The summed E-state index contributed by atoms with van der Waals surface area (Å²) in [5.41, 5.74) is 0.974. The first-order chi connectivity index (χ1) is 8.97. The lowest BCUT2D eigenvalue weighted by atomic mass is 10.1. The molecule has 1 unspecified atom stereocenters. The van der Waals surface area contributed by atoms with Gasteiger partial charge in [-0.25, -0.2) is 0 Å². The number of methoxy groups -OCH3 is 2. The maximum Gasteiger partial charge on any atom is 0.304 e. The van der Waals surface area contributed by atoms with Crippen LogP contribution in [-0.2, 0) is 11.3 Å². The van der Waals surface area contributed by atoms with Gasteiger partial charge in [-0.1, -0.05) is 0 Å². The molecule has 106 valence electrons. The van der Waals surface area contributed by atoms with Crippen molar-refractivity contribution in [3.05, 3.63) is 23.8 Å². The van der Waals surface area contributed by atoms with Gasteiger partial charge in [-0.2, -0.15) is 0 Å². The smallest absolute Gasteiger partial charge is 0.304 e. The third-order valence-corrected chi connectivity index (χ3v) is 3.13. The molecule has 1 aromatic carbocycles. The van der Waals surface area contributed by atoms with Crippen molar-refractivity contribution in [1.82, 2.24) is 4.90 Å². The first-order valence-corrected chi connectivity index (χ1v) is 6.10. The molecule has 0 aliphatic rings. The Morgan fingerprint density at radius 2 is 2.05 bits per heavy atom. The average molecular weight is 267 g/mol. The summed E-state index contributed by atoms with van der Waals surface area (Å²) >= 11 is 0. The lowest BCUT2D eigenvalue weighted by Gasteiger charge is -2.24. The van der Waals surface area contributed by atoms with Crippen molar-refractivity contribution < 1.29 is 19.4 Å². The number of carboxylic acids is 1. The topological polar surface area (TPSA) is 59.0 Å². The Labute approximate surface area is 113 Å². The lowest BCUT2D eigenvalue weighted by molar-refractivity contribution is -0.138. The molecule has 0 radical (unpaired) electrons. The van der Waals surface area contributed by atoms with E-state index >= 15 is 0 Å². The molecule has 5 heteroatoms. The highest BCUT2D eigenvalue weighted by Crippen LogP contribution is 2.25. The van der Waals surface area contributed by atoms with Crippen LogP contribution in [0.3, 0.4) is 0 Å². The molecule has 0 aromatic heterocycles. The molecule has 0 fully saturated rings. The van der Waals surface area contributed by atoms with Crippen LogP contribution >= 0.6 is 0 Å². The Morgan fingerprint density at radius 1 is 1.37 bits per heavy atom. The van der Waals surface area contributed by atoms with Crippen LogP contribution in [0.1, 0.15) is 18.9 Å². The second-order valence-corrected chi connectivity index (χ2v) is 4.54. The number of carboxylic acid groups (broad SMARTS) is 1. The number of rotatable bonds is 7. The summed E-state index contributed by atoms with van der Waals surface area (Å²) in [6, 6.07) is 5.55. The summed E-state index contributed by atoms with van der Waals surface area (Å²) in [6.45, 7) is 2.50. The molecule has 0 aliphatic carbocycles. The zero-order chi connectivity index (χ0) is 14.4. The first kappa shape index (κ1) is 15.3. The highest BCUT2D eigenvalue weighted by atomic mass is 16.5. The number of ether oxygens (including phenoxy) is 2. The van der Waals surface area contributed by atoms with Gasteiger partial charge in [0.1, 0.15) is 11.5 Å². The molecule has 0 heterocycles. The van der Waals surface area contributed by atoms with Crippen LogP contribution < -0.4 is 9.47 Å². The number of carbonyl (C=O) groups is 1. The highest BCUT2D eigenvalue weighted by molar-refractivity contribution is 5.67. The Balaban J connectivity index is 2.82. The van der Waals surface area contributed by atoms with Crippen LogP contribution in [-0.4, -0.2) is 43.3 Å². The number of hydrogen-bond acceptors (Lipinski definition) is 4. The third kappa shape index (κ3) is 4.44. The second kappa shape index (κ2) is 6.99. The van der Waals surface area contributed by atoms with E-state index in [4.69, 9.17) is 14.6 Å². The van der Waals surface area contributed by atoms with Crippen LogP contribution in [0.4, 0.5) is 0 Å². The molecule has 19 heavy (non-hydrogen) atoms. The van der Waals surface area contributed by atoms with Crippen LogP contribution in [0.25, 0.3) is 0 Å². The van der Waals surface area contributed by atoms with E-state index in [1.807, 2.05) is 37.1 Å². The molecular weight excluding hydrogens is 246 g/mol. The average Bonchev–Trinajstić information content (AvgIpc) is 2.37. The SMILES string of the molecule is COc1ccc(OC)c(CN(C)C(C)CC(=O)O)c1. The van der Waals surface area contributed by atoms with Gasteiger partial charge in [0.15, 0.2) is 0 Å². The number of nitrogens with zero attached hydrogens (tertiary/aromatic N) is 1. The molecule has 0 bridgehead atoms. The molecule has 1 N–H and O–H groups in total. The molecule has 0 saturated heterocycles. The van der Waals surface area contributed by atoms with Gasteiger partial charge < -0.3 is 14.6 Å². The largest absolute Gasteiger partial charge is 0.497 e. The van der Waals surface area contributed by atoms with Gasteiger partial charge in [0, 0.05) is 18.2 Å². The van der Waals surface area contributed by atoms with Crippen molar-refractivity contribution in [2.45, 2.75) is 25.9 Å². The molecule has 0 saturated carbocycles. The Hall–Kier alpha value is -1.75. The van der Waals surface area contributed by atoms with Gasteiger partial charge >= 0.3 is 5.97 Å². The van der Waals surface area contributed by atoms with E-state index < -0.39 is 5.97 Å². The van der Waals surface area contributed by atoms with Crippen LogP contribution in [0.2, 0.25) is 0 Å². The van der Waals surface area contributed by atoms with Gasteiger partial charge in [0.2, 0.25) is 0 Å². The fraction of sp³-hybridized carbons (Fsp3) is 0.500. The summed E-state index contributed by atoms with van der Waals surface area (Å²) in [4.78, 5) is 12.7. The molecule has 1 atom stereocenters. The first-order valence-electron chi connectivity index (χ1n) is 6.10. The van der Waals surface area contributed by atoms with Crippen molar-refractivity contribution in [1.29, 1.82) is 0 Å². The molecular formula is C14H21NO4. The van der Waals surface area contributed by atoms with Crippen LogP contribution in [0, 0.1) is 0 Å². The zero-order valence-electron chi connectivity index (χ0n) is 11.8. The van der Waals surface area contributed by atoms with E-state index in [1.165, 1.54) is 0 Å². The van der Waals surface area contributed by atoms with E-state index in [9.17, 15) is 4.79 Å². The van der Waals surface area contributed by atoms with E-state index in [0.29, 0.717) is 6.54 Å². The summed E-state index contributed by atoms with van der Waals surface area (Å²) in [5, 5.41) is 8.81. The highest BCUT2D eigenvalue weighted by Gasteiger charge is 2.15. The Bertz CT molecular complexity index is 433. The minimum Gasteiger partial charge on any atom is -0.497 e. The van der Waals surface area contributed by atoms with E-state index in [2.05, 4.69) is 0 Å². The summed E-state index contributed by atoms with van der Waals surface area (Å²) in [7, 11) is 5.13. The molecule has 0 aliphatic heterocycles. The normalized spacial score (nSPS) is 12.3. The molecule has 1 rings (SSSR count). The Kier molecular flexibility index (Phi) is 5.63. The molecule has 5 nitrogen and oxygen atoms in total. The summed E-state index contributed by atoms with van der Waals surface area (Å²) < 4.78 is 10.5. The van der Waals surface area contributed by atoms with Gasteiger partial charge in [0.05, 0.1) is 20.6 Å². The van der Waals surface area contributed by atoms with Crippen molar-refractivity contribution in [2.75, 3.05) is 21.3 Å². The van der Waals surface area contributed by atoms with Gasteiger partial charge in [-0.05, 0) is 32.2 Å². The number of benzene rings is 1. The van der Waals surface area contributed by atoms with Gasteiger partial charge in [-0.3, -0.25) is 9.69 Å². The second-order valence-electron chi connectivity index (χ2n) is 4.54. The predicted molar refractivity (Wildman–Crippen MR) is 72.7 cm³/mol. The molecule has 1 aromatic rings. The fourth-order valence-corrected chi connectivity index (χ4v) is 1.84. The van der Waals surface area contributed by atoms with Crippen molar-refractivity contribution in [2.24, 2.45) is 0 Å². The van der Waals surface area contributed by atoms with E-state index in [-0.39, 0.29) is 12.5 Å². The molecule has 0 amide bonds. The maximum atomic E-state index is 10.7. The maximum absolute atomic E-state index is 10.7. The minimum absolute atomic E-state index is 0.0478. The van der Waals surface area contributed by atoms with Crippen molar-refractivity contribution in [3.63, 3.8) is 0 Å². The third-order valence-electron chi connectivity index (χ3n) is 3.13. The number of aliphatic carboxylic acids is 1. The van der Waals surface area contributed by atoms with Crippen LogP contribution in [0.15, 0.2) is 18.2 Å².